The van der Waals surface area contributed by atoms with Gasteiger partial charge in [-0.05, 0) is 24.1 Å². The topological polar surface area (TPSA) is 101 Å². The Labute approximate surface area is 134 Å². The second-order valence-corrected chi connectivity index (χ2v) is 4.99. The van der Waals surface area contributed by atoms with E-state index in [-0.39, 0.29) is 6.04 Å². The van der Waals surface area contributed by atoms with Crippen LogP contribution in [0.15, 0.2) is 28.8 Å². The Bertz CT molecular complexity index is 720. The van der Waals surface area contributed by atoms with Crippen molar-refractivity contribution in [2.24, 2.45) is 0 Å². The summed E-state index contributed by atoms with van der Waals surface area (Å²) in [6.45, 7) is 3.65. The van der Waals surface area contributed by atoms with Gasteiger partial charge in [-0.1, -0.05) is 24.2 Å². The zero-order chi connectivity index (χ0) is 16.8. The molecular weight excluding hydrogens is 296 g/mol. The van der Waals surface area contributed by atoms with E-state index >= 15 is 0 Å². The van der Waals surface area contributed by atoms with Crippen molar-refractivity contribution >= 4 is 5.97 Å². The average Bonchev–Trinajstić information content (AvgIpc) is 3.01. The first-order valence-corrected chi connectivity index (χ1v) is 7.23. The molecule has 0 saturated carbocycles. The molecule has 120 valence electrons. The molecule has 0 unspecified atom stereocenters. The van der Waals surface area contributed by atoms with E-state index in [0.717, 1.165) is 0 Å². The highest BCUT2D eigenvalue weighted by atomic mass is 16.5. The Morgan fingerprint density at radius 1 is 1.52 bits per heavy atom. The number of ether oxygens (including phenoxy) is 1. The molecule has 7 heteroatoms. The number of nitrogens with zero attached hydrogens (tertiary/aromatic N) is 3. The standard InChI is InChI=1S/C16H18N4O3/c1-4-13(15-18-10(2)23-20-15)19-14(16(21)22-3)12-7-5-6-11(8-12)9-17/h5-8,13-14,19H,4H2,1-3H3/t13-,14-/m1/s1. The van der Waals surface area contributed by atoms with E-state index in [0.29, 0.717) is 29.3 Å². The minimum Gasteiger partial charge on any atom is -0.468 e. The van der Waals surface area contributed by atoms with E-state index in [2.05, 4.69) is 21.5 Å². The van der Waals surface area contributed by atoms with Gasteiger partial charge in [-0.15, -0.1) is 0 Å². The molecule has 2 atom stereocenters. The molecule has 0 fully saturated rings. The Kier molecular flexibility index (Phi) is 5.44. The Balaban J connectivity index is 2.31. The Morgan fingerprint density at radius 2 is 2.30 bits per heavy atom. The summed E-state index contributed by atoms with van der Waals surface area (Å²) in [6.07, 6.45) is 0.657. The van der Waals surface area contributed by atoms with Crippen LogP contribution >= 0.6 is 0 Å². The van der Waals surface area contributed by atoms with Crippen LogP contribution in [-0.2, 0) is 9.53 Å². The molecule has 0 aliphatic rings. The van der Waals surface area contributed by atoms with Gasteiger partial charge in [0.1, 0.15) is 6.04 Å². The van der Waals surface area contributed by atoms with Gasteiger partial charge in [0.2, 0.25) is 5.89 Å². The monoisotopic (exact) mass is 314 g/mol. The van der Waals surface area contributed by atoms with E-state index in [9.17, 15) is 4.79 Å². The van der Waals surface area contributed by atoms with Crippen LogP contribution in [-0.4, -0.2) is 23.2 Å². The van der Waals surface area contributed by atoms with Crippen molar-refractivity contribution in [3.05, 3.63) is 47.1 Å². The van der Waals surface area contributed by atoms with Crippen LogP contribution in [0.4, 0.5) is 0 Å². The molecule has 2 aromatic rings. The Hall–Kier alpha value is -2.72. The normalized spacial score (nSPS) is 13.1. The third-order valence-electron chi connectivity index (χ3n) is 3.42. The highest BCUT2D eigenvalue weighted by Gasteiger charge is 2.27. The van der Waals surface area contributed by atoms with Gasteiger partial charge < -0.3 is 9.26 Å². The first-order chi connectivity index (χ1) is 11.1. The molecule has 2 rings (SSSR count). The molecule has 0 spiro atoms. The minimum absolute atomic E-state index is 0.276. The molecule has 0 bridgehead atoms. The number of nitrogens with one attached hydrogen (secondary N) is 1. The van der Waals surface area contributed by atoms with Crippen LogP contribution < -0.4 is 5.32 Å². The number of benzene rings is 1. The number of methoxy groups -OCH3 is 1. The first kappa shape index (κ1) is 16.6. The molecule has 0 aliphatic carbocycles. The van der Waals surface area contributed by atoms with Crippen LogP contribution in [0.1, 0.15) is 48.3 Å². The summed E-state index contributed by atoms with van der Waals surface area (Å²) in [5.74, 6) is 0.496. The number of hydrogen-bond acceptors (Lipinski definition) is 7. The van der Waals surface area contributed by atoms with Crippen LogP contribution in [0.25, 0.3) is 0 Å². The summed E-state index contributed by atoms with van der Waals surface area (Å²) in [4.78, 5) is 16.4. The third-order valence-corrected chi connectivity index (χ3v) is 3.42. The van der Waals surface area contributed by atoms with Gasteiger partial charge in [0.15, 0.2) is 5.82 Å². The van der Waals surface area contributed by atoms with E-state index in [1.165, 1.54) is 7.11 Å². The fourth-order valence-corrected chi connectivity index (χ4v) is 2.24. The lowest BCUT2D eigenvalue weighted by atomic mass is 10.0. The fraction of sp³-hybridized carbons (Fsp3) is 0.375. The van der Waals surface area contributed by atoms with Crippen molar-refractivity contribution < 1.29 is 14.1 Å². The molecule has 7 nitrogen and oxygen atoms in total. The molecular formula is C16H18N4O3. The first-order valence-electron chi connectivity index (χ1n) is 7.23. The molecule has 1 aromatic heterocycles. The number of hydrogen-bond donors (Lipinski definition) is 1. The van der Waals surface area contributed by atoms with Gasteiger partial charge in [0, 0.05) is 6.92 Å². The summed E-state index contributed by atoms with van der Waals surface area (Å²) in [5, 5.41) is 16.1. The molecule has 0 radical (unpaired) electrons. The van der Waals surface area contributed by atoms with Gasteiger partial charge >= 0.3 is 5.97 Å². The molecule has 1 aromatic carbocycles. The van der Waals surface area contributed by atoms with Crippen LogP contribution in [0, 0.1) is 18.3 Å². The second-order valence-electron chi connectivity index (χ2n) is 4.99. The zero-order valence-corrected chi connectivity index (χ0v) is 13.2. The maximum Gasteiger partial charge on any atom is 0.327 e. The average molecular weight is 314 g/mol. The molecule has 1 heterocycles. The smallest absolute Gasteiger partial charge is 0.327 e. The lowest BCUT2D eigenvalue weighted by Gasteiger charge is -2.21. The fourth-order valence-electron chi connectivity index (χ4n) is 2.24. The number of aromatic nitrogens is 2. The molecule has 23 heavy (non-hydrogen) atoms. The summed E-state index contributed by atoms with van der Waals surface area (Å²) in [5.41, 5.74) is 1.12. The summed E-state index contributed by atoms with van der Waals surface area (Å²) < 4.78 is 9.88. The van der Waals surface area contributed by atoms with E-state index < -0.39 is 12.0 Å². The largest absolute Gasteiger partial charge is 0.468 e. The maximum atomic E-state index is 12.2. The number of carbonyl (C=O) groups is 1. The van der Waals surface area contributed by atoms with Gasteiger partial charge in [-0.3, -0.25) is 5.32 Å². The highest BCUT2D eigenvalue weighted by Crippen LogP contribution is 2.22. The highest BCUT2D eigenvalue weighted by molar-refractivity contribution is 5.77. The molecule has 1 N–H and O–H groups in total. The molecule has 0 amide bonds. The van der Waals surface area contributed by atoms with Crippen LogP contribution in [0.2, 0.25) is 0 Å². The number of rotatable bonds is 6. The number of carbonyl (C=O) groups excluding carboxylic acids is 1. The Morgan fingerprint density at radius 3 is 2.87 bits per heavy atom. The predicted octanol–water partition coefficient (Wildman–Crippen LogP) is 2.20. The zero-order valence-electron chi connectivity index (χ0n) is 13.2. The number of aryl methyl sites for hydroxylation is 1. The molecule has 0 aliphatic heterocycles. The van der Waals surface area contributed by atoms with Crippen molar-refractivity contribution in [3.8, 4) is 6.07 Å². The number of nitriles is 1. The van der Waals surface area contributed by atoms with Gasteiger partial charge in [0.25, 0.3) is 0 Å². The summed E-state index contributed by atoms with van der Waals surface area (Å²) >= 11 is 0. The van der Waals surface area contributed by atoms with Crippen molar-refractivity contribution in [2.45, 2.75) is 32.4 Å². The van der Waals surface area contributed by atoms with Gasteiger partial charge in [-0.2, -0.15) is 10.2 Å². The van der Waals surface area contributed by atoms with Gasteiger partial charge in [-0.25, -0.2) is 4.79 Å². The van der Waals surface area contributed by atoms with Crippen molar-refractivity contribution in [2.75, 3.05) is 7.11 Å². The molecule has 0 saturated heterocycles. The lowest BCUT2D eigenvalue weighted by Crippen LogP contribution is -2.33. The van der Waals surface area contributed by atoms with Gasteiger partial charge in [0.05, 0.1) is 24.8 Å². The SMILES string of the molecule is CC[C@@H](N[C@@H](C(=O)OC)c1cccc(C#N)c1)c1noc(C)n1. The van der Waals surface area contributed by atoms with E-state index in [1.807, 2.05) is 6.92 Å². The number of esters is 1. The van der Waals surface area contributed by atoms with Crippen molar-refractivity contribution in [1.82, 2.24) is 15.5 Å². The van der Waals surface area contributed by atoms with E-state index in [4.69, 9.17) is 14.5 Å². The predicted molar refractivity (Wildman–Crippen MR) is 81.1 cm³/mol. The summed E-state index contributed by atoms with van der Waals surface area (Å²) in [7, 11) is 1.32. The quantitative estimate of drug-likeness (QED) is 0.815. The third kappa shape index (κ3) is 3.93. The minimum atomic E-state index is -0.725. The van der Waals surface area contributed by atoms with Crippen molar-refractivity contribution in [1.29, 1.82) is 5.26 Å². The second kappa shape index (κ2) is 7.51. The van der Waals surface area contributed by atoms with Crippen molar-refractivity contribution in [3.63, 3.8) is 0 Å². The van der Waals surface area contributed by atoms with Crippen LogP contribution in [0.5, 0.6) is 0 Å². The van der Waals surface area contributed by atoms with E-state index in [1.54, 1.807) is 31.2 Å². The lowest BCUT2D eigenvalue weighted by molar-refractivity contribution is -0.143. The van der Waals surface area contributed by atoms with Crippen LogP contribution in [0.3, 0.4) is 0 Å². The maximum absolute atomic E-state index is 12.2. The summed E-state index contributed by atoms with van der Waals surface area (Å²) in [6, 6.07) is 7.89.